The second kappa shape index (κ2) is 9.09. The van der Waals surface area contributed by atoms with Crippen molar-refractivity contribution in [1.82, 2.24) is 14.9 Å². The Bertz CT molecular complexity index is 1060. The van der Waals surface area contributed by atoms with E-state index < -0.39 is 11.6 Å². The Hall–Kier alpha value is -2.87. The lowest BCUT2D eigenvalue weighted by molar-refractivity contribution is 0.0710. The fraction of sp³-hybridized carbons (Fsp3) is 0.348. The van der Waals surface area contributed by atoms with Gasteiger partial charge < -0.3 is 10.2 Å². The van der Waals surface area contributed by atoms with E-state index in [1.807, 2.05) is 24.0 Å². The third-order valence-corrected chi connectivity index (χ3v) is 6.78. The molecule has 1 aliphatic heterocycles. The van der Waals surface area contributed by atoms with Crippen LogP contribution >= 0.6 is 11.3 Å². The van der Waals surface area contributed by atoms with Crippen LogP contribution in [0, 0.1) is 18.6 Å². The van der Waals surface area contributed by atoms with Gasteiger partial charge in [-0.15, -0.1) is 0 Å². The number of carbonyl (C=O) groups is 1. The molecule has 1 unspecified atom stereocenters. The summed E-state index contributed by atoms with van der Waals surface area (Å²) in [4.78, 5) is 24.5. The van der Waals surface area contributed by atoms with Crippen LogP contribution in [-0.2, 0) is 6.42 Å². The molecule has 0 bridgehead atoms. The van der Waals surface area contributed by atoms with E-state index in [9.17, 15) is 13.6 Å². The highest BCUT2D eigenvalue weighted by atomic mass is 32.1. The molecule has 1 aromatic carbocycles. The summed E-state index contributed by atoms with van der Waals surface area (Å²) in [6.07, 6.45) is 3.67. The summed E-state index contributed by atoms with van der Waals surface area (Å²) < 4.78 is 27.8. The molecule has 3 aromatic rings. The molecule has 162 valence electrons. The van der Waals surface area contributed by atoms with E-state index in [1.165, 1.54) is 29.5 Å². The highest BCUT2D eigenvalue weighted by molar-refractivity contribution is 7.17. The van der Waals surface area contributed by atoms with Crippen LogP contribution < -0.4 is 5.32 Å². The van der Waals surface area contributed by atoms with Crippen molar-refractivity contribution in [3.05, 3.63) is 75.6 Å². The number of aryl methyl sites for hydroxylation is 1. The maximum atomic E-state index is 13.9. The number of benzene rings is 1. The number of amides is 1. The molecular weight excluding hydrogens is 418 g/mol. The predicted molar refractivity (Wildman–Crippen MR) is 118 cm³/mol. The molecule has 0 aliphatic carbocycles. The van der Waals surface area contributed by atoms with Gasteiger partial charge in [0.1, 0.15) is 16.5 Å². The minimum Gasteiger partial charge on any atom is -0.365 e. The van der Waals surface area contributed by atoms with Gasteiger partial charge in [-0.25, -0.2) is 13.8 Å². The van der Waals surface area contributed by atoms with E-state index >= 15 is 0 Å². The van der Waals surface area contributed by atoms with Crippen molar-refractivity contribution in [1.29, 1.82) is 0 Å². The van der Waals surface area contributed by atoms with Gasteiger partial charge in [-0.3, -0.25) is 9.78 Å². The Labute approximate surface area is 184 Å². The van der Waals surface area contributed by atoms with Crippen LogP contribution in [0.5, 0.6) is 0 Å². The zero-order valence-electron chi connectivity index (χ0n) is 17.5. The van der Waals surface area contributed by atoms with Crippen molar-refractivity contribution in [2.75, 3.05) is 25.5 Å². The first-order valence-electron chi connectivity index (χ1n) is 10.3. The molecule has 31 heavy (non-hydrogen) atoms. The van der Waals surface area contributed by atoms with Crippen LogP contribution in [0.2, 0.25) is 0 Å². The molecule has 5 nitrogen and oxygen atoms in total. The molecule has 3 heterocycles. The zero-order valence-corrected chi connectivity index (χ0v) is 18.3. The number of thiazole rings is 1. The minimum atomic E-state index is -0.551. The van der Waals surface area contributed by atoms with Gasteiger partial charge in [0, 0.05) is 49.9 Å². The summed E-state index contributed by atoms with van der Waals surface area (Å²) in [6.45, 7) is 3.16. The molecule has 0 radical (unpaired) electrons. The summed E-state index contributed by atoms with van der Waals surface area (Å²) in [5, 5.41) is 3.72. The van der Waals surface area contributed by atoms with Crippen molar-refractivity contribution in [3.63, 3.8) is 0 Å². The normalized spacial score (nSPS) is 16.4. The lowest BCUT2D eigenvalue weighted by atomic mass is 9.93. The predicted octanol–water partition coefficient (Wildman–Crippen LogP) is 4.78. The molecule has 1 N–H and O–H groups in total. The van der Waals surface area contributed by atoms with E-state index in [1.54, 1.807) is 13.2 Å². The largest absolute Gasteiger partial charge is 0.365 e. The number of aromatic nitrogens is 2. The number of anilines is 1. The van der Waals surface area contributed by atoms with Crippen molar-refractivity contribution in [3.8, 4) is 0 Å². The number of likely N-dealkylation sites (tertiary alicyclic amines) is 1. The SMILES string of the molecule is CNc1nc(C)c(C(=O)N2CCCC(c3ccc(Cc4c(F)cccc4F)cn3)C2)s1. The van der Waals surface area contributed by atoms with Crippen LogP contribution in [-0.4, -0.2) is 40.9 Å². The smallest absolute Gasteiger partial charge is 0.265 e. The fourth-order valence-electron chi connectivity index (χ4n) is 3.94. The molecule has 4 rings (SSSR count). The summed E-state index contributed by atoms with van der Waals surface area (Å²) >= 11 is 1.37. The Morgan fingerprint density at radius 1 is 1.26 bits per heavy atom. The number of piperidine rings is 1. The number of pyridine rings is 1. The van der Waals surface area contributed by atoms with Gasteiger partial charge in [-0.1, -0.05) is 23.5 Å². The second-order valence-corrected chi connectivity index (χ2v) is 8.74. The van der Waals surface area contributed by atoms with Crippen molar-refractivity contribution in [2.24, 2.45) is 0 Å². The highest BCUT2D eigenvalue weighted by Crippen LogP contribution is 2.30. The summed E-state index contributed by atoms with van der Waals surface area (Å²) in [5.41, 5.74) is 2.43. The summed E-state index contributed by atoms with van der Waals surface area (Å²) in [6, 6.07) is 7.65. The first kappa shape index (κ1) is 21.4. The van der Waals surface area contributed by atoms with E-state index in [4.69, 9.17) is 0 Å². The monoisotopic (exact) mass is 442 g/mol. The zero-order chi connectivity index (χ0) is 22.0. The molecule has 2 aromatic heterocycles. The minimum absolute atomic E-state index is 0.00727. The lowest BCUT2D eigenvalue weighted by Crippen LogP contribution is -2.39. The maximum Gasteiger partial charge on any atom is 0.265 e. The van der Waals surface area contributed by atoms with Crippen molar-refractivity contribution in [2.45, 2.75) is 32.1 Å². The van der Waals surface area contributed by atoms with E-state index in [0.29, 0.717) is 18.0 Å². The number of hydrogen-bond donors (Lipinski definition) is 1. The van der Waals surface area contributed by atoms with E-state index in [2.05, 4.69) is 15.3 Å². The average molecular weight is 443 g/mol. The molecule has 8 heteroatoms. The van der Waals surface area contributed by atoms with Crippen LogP contribution in [0.25, 0.3) is 0 Å². The van der Waals surface area contributed by atoms with Gasteiger partial charge in [0.05, 0.1) is 5.69 Å². The first-order valence-corrected chi connectivity index (χ1v) is 11.1. The topological polar surface area (TPSA) is 58.1 Å². The van der Waals surface area contributed by atoms with Crippen LogP contribution in [0.15, 0.2) is 36.5 Å². The summed E-state index contributed by atoms with van der Waals surface area (Å²) in [7, 11) is 1.79. The molecule has 0 saturated carbocycles. The molecule has 1 amide bonds. The van der Waals surface area contributed by atoms with Crippen LogP contribution in [0.4, 0.5) is 13.9 Å². The van der Waals surface area contributed by atoms with Crippen molar-refractivity contribution < 1.29 is 13.6 Å². The van der Waals surface area contributed by atoms with Gasteiger partial charge in [0.15, 0.2) is 5.13 Å². The molecular formula is C23H24F2N4OS. The van der Waals surface area contributed by atoms with Gasteiger partial charge >= 0.3 is 0 Å². The van der Waals surface area contributed by atoms with E-state index in [0.717, 1.165) is 34.9 Å². The molecule has 1 aliphatic rings. The van der Waals surface area contributed by atoms with E-state index in [-0.39, 0.29) is 23.8 Å². The van der Waals surface area contributed by atoms with Gasteiger partial charge in [0.25, 0.3) is 5.91 Å². The standard InChI is InChI=1S/C23H24F2N4OS/c1-14-21(31-23(26-2)28-14)22(30)29-10-4-5-16(13-29)20-9-8-15(12-27-20)11-17-18(24)6-3-7-19(17)25/h3,6-9,12,16H,4-5,10-11,13H2,1-2H3,(H,26,28). The number of halogens is 2. The fourth-order valence-corrected chi connectivity index (χ4v) is 4.82. The average Bonchev–Trinajstić information content (AvgIpc) is 3.17. The van der Waals surface area contributed by atoms with Gasteiger partial charge in [-0.2, -0.15) is 0 Å². The third-order valence-electron chi connectivity index (χ3n) is 5.62. The Morgan fingerprint density at radius 3 is 2.68 bits per heavy atom. The Morgan fingerprint density at radius 2 is 2.03 bits per heavy atom. The van der Waals surface area contributed by atoms with Gasteiger partial charge in [0.2, 0.25) is 0 Å². The molecule has 1 saturated heterocycles. The quantitative estimate of drug-likeness (QED) is 0.618. The number of nitrogens with zero attached hydrogens (tertiary/aromatic N) is 3. The third kappa shape index (κ3) is 4.58. The summed E-state index contributed by atoms with van der Waals surface area (Å²) in [5.74, 6) is -0.961. The Kier molecular flexibility index (Phi) is 6.27. The molecule has 0 spiro atoms. The maximum absolute atomic E-state index is 13.9. The number of nitrogens with one attached hydrogen (secondary N) is 1. The highest BCUT2D eigenvalue weighted by Gasteiger charge is 2.28. The Balaban J connectivity index is 1.46. The lowest BCUT2D eigenvalue weighted by Gasteiger charge is -2.32. The van der Waals surface area contributed by atoms with Gasteiger partial charge in [-0.05, 0) is 43.5 Å². The number of hydrogen-bond acceptors (Lipinski definition) is 5. The number of rotatable bonds is 5. The van der Waals surface area contributed by atoms with Crippen LogP contribution in [0.1, 0.15) is 50.9 Å². The second-order valence-electron chi connectivity index (χ2n) is 7.74. The number of carbonyl (C=O) groups excluding carboxylic acids is 1. The molecule has 1 atom stereocenters. The van der Waals surface area contributed by atoms with Crippen LogP contribution in [0.3, 0.4) is 0 Å². The first-order chi connectivity index (χ1) is 15.0. The molecule has 1 fully saturated rings. The van der Waals surface area contributed by atoms with Crippen molar-refractivity contribution >= 4 is 22.4 Å².